The summed E-state index contributed by atoms with van der Waals surface area (Å²) in [6.45, 7) is 2.00. The van der Waals surface area contributed by atoms with Gasteiger partial charge < -0.3 is 10.4 Å². The van der Waals surface area contributed by atoms with E-state index in [0.717, 1.165) is 22.0 Å². The molecule has 0 fully saturated rings. The Labute approximate surface area is 136 Å². The lowest BCUT2D eigenvalue weighted by Crippen LogP contribution is -2.00. The van der Waals surface area contributed by atoms with E-state index in [1.807, 2.05) is 37.3 Å². The van der Waals surface area contributed by atoms with Gasteiger partial charge >= 0.3 is 5.97 Å². The molecular weight excluding hydrogens is 306 g/mol. The average Bonchev–Trinajstić information content (AvgIpc) is 2.99. The van der Waals surface area contributed by atoms with Crippen molar-refractivity contribution in [2.24, 2.45) is 0 Å². The highest BCUT2D eigenvalue weighted by molar-refractivity contribution is 6.12. The fraction of sp³-hybridized carbons (Fsp3) is 0.0588. The molecule has 0 saturated carbocycles. The summed E-state index contributed by atoms with van der Waals surface area (Å²) < 4.78 is 0. The highest BCUT2D eigenvalue weighted by atomic mass is 16.4. The van der Waals surface area contributed by atoms with Crippen LogP contribution in [0.5, 0.6) is 0 Å². The Hall–Kier alpha value is -3.48. The summed E-state index contributed by atoms with van der Waals surface area (Å²) in [5, 5.41) is 20.8. The predicted molar refractivity (Wildman–Crippen MR) is 90.6 cm³/mol. The minimum Gasteiger partial charge on any atom is -0.476 e. The molecule has 7 nitrogen and oxygen atoms in total. The van der Waals surface area contributed by atoms with Crippen molar-refractivity contribution in [2.75, 3.05) is 5.32 Å². The maximum Gasteiger partial charge on any atom is 0.356 e. The summed E-state index contributed by atoms with van der Waals surface area (Å²) in [6.07, 6.45) is 3.33. The summed E-state index contributed by atoms with van der Waals surface area (Å²) in [7, 11) is 0. The predicted octanol–water partition coefficient (Wildman–Crippen LogP) is 3.26. The lowest BCUT2D eigenvalue weighted by atomic mass is 10.1. The Morgan fingerprint density at radius 3 is 2.88 bits per heavy atom. The molecule has 7 heteroatoms. The standard InChI is InChI=1S/C17H13N5O2/c1-9-3-2-4-10(7-9)19-16-11-5-6-18-8-12(11)13-14(20-16)15(17(23)24)22-21-13/h2-8H,1H3,(H,19,20)(H,21,22)(H,23,24). The Morgan fingerprint density at radius 2 is 2.08 bits per heavy atom. The summed E-state index contributed by atoms with van der Waals surface area (Å²) in [5.41, 5.74) is 2.74. The number of pyridine rings is 2. The average molecular weight is 319 g/mol. The maximum absolute atomic E-state index is 11.4. The summed E-state index contributed by atoms with van der Waals surface area (Å²) in [6, 6.07) is 9.70. The van der Waals surface area contributed by atoms with E-state index in [1.54, 1.807) is 12.4 Å². The van der Waals surface area contributed by atoms with Crippen LogP contribution in [0.3, 0.4) is 0 Å². The monoisotopic (exact) mass is 319 g/mol. The molecule has 0 atom stereocenters. The number of H-pyrrole nitrogens is 1. The molecule has 0 spiro atoms. The van der Waals surface area contributed by atoms with E-state index in [9.17, 15) is 9.90 Å². The normalized spacial score (nSPS) is 11.0. The third-order valence-corrected chi connectivity index (χ3v) is 3.79. The van der Waals surface area contributed by atoms with Crippen LogP contribution in [0.25, 0.3) is 21.8 Å². The van der Waals surface area contributed by atoms with Gasteiger partial charge in [-0.05, 0) is 30.7 Å². The number of aryl methyl sites for hydroxylation is 1. The van der Waals surface area contributed by atoms with Crippen LogP contribution >= 0.6 is 0 Å². The van der Waals surface area contributed by atoms with Crippen molar-refractivity contribution in [2.45, 2.75) is 6.92 Å². The van der Waals surface area contributed by atoms with E-state index in [-0.39, 0.29) is 5.69 Å². The highest BCUT2D eigenvalue weighted by Crippen LogP contribution is 2.30. The quantitative estimate of drug-likeness (QED) is 0.535. The zero-order chi connectivity index (χ0) is 16.7. The third kappa shape index (κ3) is 2.23. The first-order valence-electron chi connectivity index (χ1n) is 7.32. The number of hydrogen-bond donors (Lipinski definition) is 3. The molecule has 3 aromatic heterocycles. The van der Waals surface area contributed by atoms with E-state index in [4.69, 9.17) is 0 Å². The molecule has 3 N–H and O–H groups in total. The smallest absolute Gasteiger partial charge is 0.356 e. The van der Waals surface area contributed by atoms with Crippen LogP contribution in [0.2, 0.25) is 0 Å². The van der Waals surface area contributed by atoms with Gasteiger partial charge in [0.2, 0.25) is 0 Å². The molecule has 118 valence electrons. The molecule has 0 radical (unpaired) electrons. The van der Waals surface area contributed by atoms with Gasteiger partial charge in [0.25, 0.3) is 0 Å². The van der Waals surface area contributed by atoms with Crippen LogP contribution in [-0.4, -0.2) is 31.2 Å². The number of nitrogens with one attached hydrogen (secondary N) is 2. The van der Waals surface area contributed by atoms with Gasteiger partial charge in [-0.2, -0.15) is 5.10 Å². The minimum atomic E-state index is -1.10. The number of rotatable bonds is 3. The number of carboxylic acids is 1. The number of nitrogens with zero attached hydrogens (tertiary/aromatic N) is 3. The van der Waals surface area contributed by atoms with Gasteiger partial charge in [-0.1, -0.05) is 12.1 Å². The van der Waals surface area contributed by atoms with E-state index in [1.165, 1.54) is 0 Å². The number of benzene rings is 1. The fourth-order valence-corrected chi connectivity index (χ4v) is 2.70. The zero-order valence-corrected chi connectivity index (χ0v) is 12.7. The first-order valence-corrected chi connectivity index (χ1v) is 7.32. The number of carboxylic acid groups (broad SMARTS) is 1. The summed E-state index contributed by atoms with van der Waals surface area (Å²) >= 11 is 0. The van der Waals surface area contributed by atoms with Crippen LogP contribution in [0.1, 0.15) is 16.1 Å². The second kappa shape index (κ2) is 5.31. The SMILES string of the molecule is Cc1cccc(Nc2nc3c(C(=O)O)[nH]nc3c3cnccc23)c1. The highest BCUT2D eigenvalue weighted by Gasteiger charge is 2.18. The Balaban J connectivity index is 1.98. The Bertz CT molecular complexity index is 1090. The molecule has 0 aliphatic rings. The lowest BCUT2D eigenvalue weighted by molar-refractivity contribution is 0.0692. The Kier molecular flexibility index (Phi) is 3.13. The molecule has 0 aliphatic heterocycles. The van der Waals surface area contributed by atoms with Crippen LogP contribution in [0, 0.1) is 6.92 Å². The van der Waals surface area contributed by atoms with Crippen LogP contribution < -0.4 is 5.32 Å². The maximum atomic E-state index is 11.4. The molecule has 0 unspecified atom stereocenters. The first-order chi connectivity index (χ1) is 11.6. The molecule has 1 aromatic carbocycles. The molecule has 4 rings (SSSR count). The van der Waals surface area contributed by atoms with Gasteiger partial charge in [0, 0.05) is 28.9 Å². The first kappa shape index (κ1) is 14.1. The van der Waals surface area contributed by atoms with Gasteiger partial charge in [0.15, 0.2) is 5.69 Å². The van der Waals surface area contributed by atoms with E-state index in [0.29, 0.717) is 16.9 Å². The summed E-state index contributed by atoms with van der Waals surface area (Å²) in [5.74, 6) is -0.538. The van der Waals surface area contributed by atoms with Crippen molar-refractivity contribution >= 4 is 39.3 Å². The molecule has 24 heavy (non-hydrogen) atoms. The van der Waals surface area contributed by atoms with Gasteiger partial charge in [-0.25, -0.2) is 9.78 Å². The van der Waals surface area contributed by atoms with E-state index >= 15 is 0 Å². The fourth-order valence-electron chi connectivity index (χ4n) is 2.70. The molecule has 0 saturated heterocycles. The Morgan fingerprint density at radius 1 is 1.21 bits per heavy atom. The number of aromatic amines is 1. The number of aromatic carboxylic acids is 1. The number of anilines is 2. The number of aromatic nitrogens is 4. The van der Waals surface area contributed by atoms with Crippen LogP contribution in [0.15, 0.2) is 42.7 Å². The molecule has 4 aromatic rings. The lowest BCUT2D eigenvalue weighted by Gasteiger charge is -2.10. The summed E-state index contributed by atoms with van der Waals surface area (Å²) in [4.78, 5) is 20.0. The minimum absolute atomic E-state index is 0.0388. The van der Waals surface area contributed by atoms with E-state index in [2.05, 4.69) is 25.5 Å². The third-order valence-electron chi connectivity index (χ3n) is 3.79. The molecular formula is C17H13N5O2. The van der Waals surface area contributed by atoms with Crippen molar-refractivity contribution in [3.05, 3.63) is 54.0 Å². The van der Waals surface area contributed by atoms with Crippen molar-refractivity contribution < 1.29 is 9.90 Å². The van der Waals surface area contributed by atoms with Crippen molar-refractivity contribution in [1.82, 2.24) is 20.2 Å². The largest absolute Gasteiger partial charge is 0.476 e. The molecule has 3 heterocycles. The van der Waals surface area contributed by atoms with Gasteiger partial charge in [0.05, 0.1) is 0 Å². The van der Waals surface area contributed by atoms with Crippen molar-refractivity contribution in [3.8, 4) is 0 Å². The molecule has 0 amide bonds. The van der Waals surface area contributed by atoms with Gasteiger partial charge in [-0.15, -0.1) is 0 Å². The second-order valence-electron chi connectivity index (χ2n) is 5.48. The molecule has 0 aliphatic carbocycles. The van der Waals surface area contributed by atoms with Crippen molar-refractivity contribution in [1.29, 1.82) is 0 Å². The topological polar surface area (TPSA) is 104 Å². The number of fused-ring (bicyclic) bond motifs is 3. The number of carbonyl (C=O) groups is 1. The van der Waals surface area contributed by atoms with E-state index < -0.39 is 5.97 Å². The van der Waals surface area contributed by atoms with Crippen LogP contribution in [0.4, 0.5) is 11.5 Å². The van der Waals surface area contributed by atoms with Crippen molar-refractivity contribution in [3.63, 3.8) is 0 Å². The van der Waals surface area contributed by atoms with Gasteiger partial charge in [0.1, 0.15) is 16.9 Å². The molecule has 0 bridgehead atoms. The number of hydrogen-bond acceptors (Lipinski definition) is 5. The van der Waals surface area contributed by atoms with Gasteiger partial charge in [-0.3, -0.25) is 10.1 Å². The zero-order valence-electron chi connectivity index (χ0n) is 12.7. The second-order valence-corrected chi connectivity index (χ2v) is 5.48. The van der Waals surface area contributed by atoms with Crippen LogP contribution in [-0.2, 0) is 0 Å².